The van der Waals surface area contributed by atoms with Gasteiger partial charge in [-0.15, -0.1) is 0 Å². The van der Waals surface area contributed by atoms with Gasteiger partial charge in [0.25, 0.3) is 0 Å². The minimum atomic E-state index is -1.17. The maximum atomic E-state index is 12.5. The summed E-state index contributed by atoms with van der Waals surface area (Å²) in [5.41, 5.74) is 5.08. The van der Waals surface area contributed by atoms with Crippen molar-refractivity contribution in [3.8, 4) is 22.6 Å². The largest absolute Gasteiger partial charge is 0.480 e. The van der Waals surface area contributed by atoms with Crippen molar-refractivity contribution in [2.24, 2.45) is 0 Å². The molecule has 7 heteroatoms. The maximum absolute atomic E-state index is 12.5. The van der Waals surface area contributed by atoms with E-state index in [4.69, 9.17) is 14.2 Å². The van der Waals surface area contributed by atoms with Crippen molar-refractivity contribution in [2.75, 3.05) is 13.4 Å². The van der Waals surface area contributed by atoms with Crippen LogP contribution < -0.4 is 14.8 Å². The lowest BCUT2D eigenvalue weighted by Crippen LogP contribution is -2.43. The molecule has 1 atom stereocenters. The van der Waals surface area contributed by atoms with Gasteiger partial charge in [0.1, 0.15) is 12.6 Å². The van der Waals surface area contributed by atoms with Crippen LogP contribution in [0.3, 0.4) is 0 Å². The van der Waals surface area contributed by atoms with Gasteiger partial charge < -0.3 is 24.6 Å². The van der Waals surface area contributed by atoms with Gasteiger partial charge in [0.05, 0.1) is 0 Å². The summed E-state index contributed by atoms with van der Waals surface area (Å²) in [6.45, 7) is 0.202. The first-order chi connectivity index (χ1) is 15.6. The Morgan fingerprint density at radius 1 is 0.969 bits per heavy atom. The van der Waals surface area contributed by atoms with Gasteiger partial charge in [-0.2, -0.15) is 0 Å². The molecule has 0 saturated heterocycles. The number of ether oxygens (including phenoxy) is 3. The summed E-state index contributed by atoms with van der Waals surface area (Å²) >= 11 is 0. The van der Waals surface area contributed by atoms with Crippen molar-refractivity contribution in [1.29, 1.82) is 0 Å². The Morgan fingerprint density at radius 3 is 2.34 bits per heavy atom. The van der Waals surface area contributed by atoms with Gasteiger partial charge in [-0.3, -0.25) is 0 Å². The standard InChI is InChI=1S/C25H21NO6/c27-24(28)21(12-15-6-5-11-22-23(15)32-14-31-22)26-25(29)30-13-20-18-9-3-1-7-16(18)17-8-2-4-10-19(17)20/h1-11,20-21H,12-14H2,(H,26,29)(H,27,28). The summed E-state index contributed by atoms with van der Waals surface area (Å²) in [4.78, 5) is 24.3. The predicted molar refractivity (Wildman–Crippen MR) is 116 cm³/mol. The van der Waals surface area contributed by atoms with E-state index >= 15 is 0 Å². The number of carboxylic acid groups (broad SMARTS) is 1. The third kappa shape index (κ3) is 3.62. The van der Waals surface area contributed by atoms with E-state index < -0.39 is 18.1 Å². The van der Waals surface area contributed by atoms with Crippen molar-refractivity contribution in [2.45, 2.75) is 18.4 Å². The number of fused-ring (bicyclic) bond motifs is 4. The summed E-state index contributed by atoms with van der Waals surface area (Å²) < 4.78 is 16.3. The second-order valence-electron chi connectivity index (χ2n) is 7.72. The Bertz CT molecular complexity index is 1150. The van der Waals surface area contributed by atoms with Crippen LogP contribution in [0.2, 0.25) is 0 Å². The zero-order chi connectivity index (χ0) is 22.1. The third-order valence-corrected chi connectivity index (χ3v) is 5.84. The van der Waals surface area contributed by atoms with E-state index in [1.54, 1.807) is 18.2 Å². The molecule has 0 saturated carbocycles. The van der Waals surface area contributed by atoms with Crippen LogP contribution in [0.25, 0.3) is 11.1 Å². The molecule has 0 bridgehead atoms. The SMILES string of the molecule is O=C(NC(Cc1cccc2c1OCO2)C(=O)O)OCC1c2ccccc2-c2ccccc21. The van der Waals surface area contributed by atoms with Crippen LogP contribution in [0, 0.1) is 0 Å². The molecule has 0 spiro atoms. The minimum Gasteiger partial charge on any atom is -0.480 e. The molecule has 2 aliphatic rings. The highest BCUT2D eigenvalue weighted by atomic mass is 16.7. The van der Waals surface area contributed by atoms with Crippen LogP contribution in [0.4, 0.5) is 4.79 Å². The number of carbonyl (C=O) groups is 2. The van der Waals surface area contributed by atoms with Gasteiger partial charge in [-0.1, -0.05) is 60.7 Å². The molecule has 0 radical (unpaired) electrons. The van der Waals surface area contributed by atoms with Crippen molar-refractivity contribution in [1.82, 2.24) is 5.32 Å². The molecule has 7 nitrogen and oxygen atoms in total. The molecule has 1 unspecified atom stereocenters. The lowest BCUT2D eigenvalue weighted by Gasteiger charge is -2.18. The van der Waals surface area contributed by atoms with Crippen molar-refractivity contribution in [3.63, 3.8) is 0 Å². The summed E-state index contributed by atoms with van der Waals surface area (Å²) in [5, 5.41) is 12.1. The number of amides is 1. The molecule has 0 aromatic heterocycles. The second-order valence-corrected chi connectivity index (χ2v) is 7.72. The fourth-order valence-electron chi connectivity index (χ4n) is 4.35. The van der Waals surface area contributed by atoms with E-state index in [1.807, 2.05) is 36.4 Å². The van der Waals surface area contributed by atoms with Gasteiger partial charge in [0.15, 0.2) is 11.5 Å². The number of hydrogen-bond donors (Lipinski definition) is 2. The molecule has 1 amide bonds. The summed E-state index contributed by atoms with van der Waals surface area (Å²) in [5.74, 6) is -0.185. The monoisotopic (exact) mass is 431 g/mol. The molecular weight excluding hydrogens is 410 g/mol. The first kappa shape index (κ1) is 19.9. The maximum Gasteiger partial charge on any atom is 0.407 e. The lowest BCUT2D eigenvalue weighted by atomic mass is 9.98. The number of rotatable bonds is 6. The second kappa shape index (κ2) is 8.26. The Morgan fingerprint density at radius 2 is 1.66 bits per heavy atom. The normalized spacial score (nSPS) is 14.4. The third-order valence-electron chi connectivity index (χ3n) is 5.84. The summed E-state index contributed by atoms with van der Waals surface area (Å²) in [7, 11) is 0. The van der Waals surface area contributed by atoms with Crippen molar-refractivity contribution < 1.29 is 28.9 Å². The van der Waals surface area contributed by atoms with Crippen LogP contribution in [0.1, 0.15) is 22.6 Å². The zero-order valence-electron chi connectivity index (χ0n) is 17.1. The van der Waals surface area contributed by atoms with Gasteiger partial charge in [0, 0.05) is 17.9 Å². The molecule has 1 aliphatic heterocycles. The molecule has 3 aromatic rings. The van der Waals surface area contributed by atoms with Crippen LogP contribution in [0.15, 0.2) is 66.7 Å². The van der Waals surface area contributed by atoms with Crippen molar-refractivity contribution in [3.05, 3.63) is 83.4 Å². The number of nitrogens with one attached hydrogen (secondary N) is 1. The Labute approximate surface area is 184 Å². The van der Waals surface area contributed by atoms with Crippen LogP contribution >= 0.6 is 0 Å². The summed E-state index contributed by atoms with van der Waals surface area (Å²) in [6.07, 6.45) is -0.726. The smallest absolute Gasteiger partial charge is 0.407 e. The Kier molecular flexibility index (Phi) is 5.15. The topological polar surface area (TPSA) is 94.1 Å². The first-order valence-corrected chi connectivity index (χ1v) is 10.3. The quantitative estimate of drug-likeness (QED) is 0.614. The Hall–Kier alpha value is -4.00. The number of carboxylic acids is 1. The number of carbonyl (C=O) groups excluding carboxylic acids is 1. The van der Waals surface area contributed by atoms with E-state index in [0.29, 0.717) is 17.1 Å². The average Bonchev–Trinajstić information content (AvgIpc) is 3.41. The molecule has 1 heterocycles. The molecule has 5 rings (SSSR count). The van der Waals surface area contributed by atoms with E-state index in [-0.39, 0.29) is 25.7 Å². The fraction of sp³-hybridized carbons (Fsp3) is 0.200. The molecular formula is C25H21NO6. The first-order valence-electron chi connectivity index (χ1n) is 10.3. The average molecular weight is 431 g/mol. The fourth-order valence-corrected chi connectivity index (χ4v) is 4.35. The molecule has 3 aromatic carbocycles. The van der Waals surface area contributed by atoms with Crippen LogP contribution in [0.5, 0.6) is 11.5 Å². The molecule has 162 valence electrons. The highest BCUT2D eigenvalue weighted by Gasteiger charge is 2.30. The Balaban J connectivity index is 1.27. The van der Waals surface area contributed by atoms with Crippen molar-refractivity contribution >= 4 is 12.1 Å². The molecule has 0 fully saturated rings. The number of hydrogen-bond acceptors (Lipinski definition) is 5. The number of para-hydroxylation sites is 1. The lowest BCUT2D eigenvalue weighted by molar-refractivity contribution is -0.139. The number of alkyl carbamates (subject to hydrolysis) is 1. The van der Waals surface area contributed by atoms with Crippen LogP contribution in [-0.4, -0.2) is 36.6 Å². The molecule has 2 N–H and O–H groups in total. The van der Waals surface area contributed by atoms with Gasteiger partial charge in [-0.25, -0.2) is 9.59 Å². The zero-order valence-corrected chi connectivity index (χ0v) is 17.1. The van der Waals surface area contributed by atoms with Gasteiger partial charge in [0.2, 0.25) is 6.79 Å². The van der Waals surface area contributed by atoms with Crippen LogP contribution in [-0.2, 0) is 16.0 Å². The minimum absolute atomic E-state index is 0.0477. The summed E-state index contributed by atoms with van der Waals surface area (Å²) in [6, 6.07) is 20.1. The van der Waals surface area contributed by atoms with E-state index in [9.17, 15) is 14.7 Å². The number of benzene rings is 3. The highest BCUT2D eigenvalue weighted by molar-refractivity contribution is 5.81. The van der Waals surface area contributed by atoms with Gasteiger partial charge >= 0.3 is 12.1 Å². The van der Waals surface area contributed by atoms with E-state index in [1.165, 1.54) is 0 Å². The molecule has 1 aliphatic carbocycles. The number of aliphatic carboxylic acids is 1. The molecule has 32 heavy (non-hydrogen) atoms. The van der Waals surface area contributed by atoms with Gasteiger partial charge in [-0.05, 0) is 28.3 Å². The predicted octanol–water partition coefficient (Wildman–Crippen LogP) is 3.95. The highest BCUT2D eigenvalue weighted by Crippen LogP contribution is 2.44. The van der Waals surface area contributed by atoms with E-state index in [2.05, 4.69) is 17.4 Å². The van der Waals surface area contributed by atoms with E-state index in [0.717, 1.165) is 22.3 Å².